The third-order valence-corrected chi connectivity index (χ3v) is 3.20. The molecule has 0 bridgehead atoms. The van der Waals surface area contributed by atoms with Crippen LogP contribution < -0.4 is 5.32 Å². The van der Waals surface area contributed by atoms with Crippen molar-refractivity contribution in [3.05, 3.63) is 16.6 Å². The van der Waals surface area contributed by atoms with Gasteiger partial charge in [-0.3, -0.25) is 0 Å². The molecule has 0 saturated carbocycles. The maximum absolute atomic E-state index is 9.57. The van der Waals surface area contributed by atoms with Crippen molar-refractivity contribution in [2.24, 2.45) is 0 Å². The van der Waals surface area contributed by atoms with Gasteiger partial charge in [0.2, 0.25) is 0 Å². The summed E-state index contributed by atoms with van der Waals surface area (Å²) < 4.78 is 4.20. The summed E-state index contributed by atoms with van der Waals surface area (Å²) in [7, 11) is 0. The molecule has 0 spiro atoms. The van der Waals surface area contributed by atoms with Gasteiger partial charge in [0, 0.05) is 23.9 Å². The van der Waals surface area contributed by atoms with E-state index in [2.05, 4.69) is 15.8 Å². The van der Waals surface area contributed by atoms with Gasteiger partial charge in [-0.15, -0.1) is 0 Å². The molecular formula is C8H12N2OS. The fraction of sp³-hybridized carbons (Fsp3) is 0.625. The van der Waals surface area contributed by atoms with Gasteiger partial charge in [-0.1, -0.05) is 0 Å². The molecule has 1 saturated heterocycles. The largest absolute Gasteiger partial charge is 0.391 e. The molecule has 1 aliphatic heterocycles. The molecule has 0 radical (unpaired) electrons. The molecule has 1 aromatic heterocycles. The third-order valence-electron chi connectivity index (χ3n) is 2.19. The van der Waals surface area contributed by atoms with Gasteiger partial charge >= 0.3 is 0 Å². The second-order valence-corrected chi connectivity index (χ2v) is 4.04. The molecule has 4 heteroatoms. The number of aromatic nitrogens is 1. The Morgan fingerprint density at radius 1 is 1.67 bits per heavy atom. The van der Waals surface area contributed by atoms with E-state index in [4.69, 9.17) is 0 Å². The van der Waals surface area contributed by atoms with E-state index < -0.39 is 0 Å². The number of nitrogens with zero attached hydrogens (tertiary/aromatic N) is 1. The maximum Gasteiger partial charge on any atom is 0.0753 e. The molecule has 1 fully saturated rings. The standard InChI is InChI=1S/C8H12N2OS/c1-5-2-8(12-10-5)6-3-9-4-7(6)11/h2,6-7,9,11H,3-4H2,1H3/t6-,7-/m1/s1. The molecule has 0 aromatic carbocycles. The molecule has 66 valence electrons. The summed E-state index contributed by atoms with van der Waals surface area (Å²) in [6.07, 6.45) is -0.232. The van der Waals surface area contributed by atoms with Crippen LogP contribution in [0.15, 0.2) is 6.07 Å². The molecule has 2 rings (SSSR count). The normalized spacial score (nSPS) is 29.5. The van der Waals surface area contributed by atoms with Gasteiger partial charge in [-0.05, 0) is 24.5 Å². The molecule has 3 nitrogen and oxygen atoms in total. The van der Waals surface area contributed by atoms with Gasteiger partial charge in [0.25, 0.3) is 0 Å². The van der Waals surface area contributed by atoms with Crippen LogP contribution in [0.3, 0.4) is 0 Å². The van der Waals surface area contributed by atoms with Crippen LogP contribution in [0.2, 0.25) is 0 Å². The van der Waals surface area contributed by atoms with Gasteiger partial charge in [-0.25, -0.2) is 0 Å². The third kappa shape index (κ3) is 1.37. The van der Waals surface area contributed by atoms with Gasteiger partial charge in [-0.2, -0.15) is 4.37 Å². The number of hydrogen-bond acceptors (Lipinski definition) is 4. The average molecular weight is 184 g/mol. The quantitative estimate of drug-likeness (QED) is 0.668. The topological polar surface area (TPSA) is 45.1 Å². The highest BCUT2D eigenvalue weighted by Gasteiger charge is 2.27. The molecule has 1 aliphatic rings. The lowest BCUT2D eigenvalue weighted by Crippen LogP contribution is -2.15. The Hall–Kier alpha value is -0.450. The van der Waals surface area contributed by atoms with Crippen LogP contribution in [0, 0.1) is 6.92 Å². The lowest BCUT2D eigenvalue weighted by atomic mass is 10.0. The van der Waals surface area contributed by atoms with Gasteiger partial charge in [0.1, 0.15) is 0 Å². The Balaban J connectivity index is 2.19. The summed E-state index contributed by atoms with van der Waals surface area (Å²) in [6.45, 7) is 3.57. The molecule has 0 unspecified atom stereocenters. The van der Waals surface area contributed by atoms with Crippen LogP contribution in [-0.4, -0.2) is 28.7 Å². The van der Waals surface area contributed by atoms with Gasteiger partial charge < -0.3 is 10.4 Å². The fourth-order valence-corrected chi connectivity index (χ4v) is 2.41. The lowest BCUT2D eigenvalue weighted by molar-refractivity contribution is 0.179. The number of hydrogen-bond donors (Lipinski definition) is 2. The number of aliphatic hydroxyl groups excluding tert-OH is 1. The molecule has 12 heavy (non-hydrogen) atoms. The van der Waals surface area contributed by atoms with Crippen LogP contribution in [0.25, 0.3) is 0 Å². The molecule has 2 N–H and O–H groups in total. The average Bonchev–Trinajstić information content (AvgIpc) is 2.58. The summed E-state index contributed by atoms with van der Waals surface area (Å²) in [5, 5.41) is 12.7. The van der Waals surface area contributed by atoms with E-state index in [-0.39, 0.29) is 12.0 Å². The second-order valence-electron chi connectivity index (χ2n) is 3.20. The number of nitrogens with one attached hydrogen (secondary N) is 1. The summed E-state index contributed by atoms with van der Waals surface area (Å²) in [4.78, 5) is 1.20. The summed E-state index contributed by atoms with van der Waals surface area (Å²) in [5.74, 6) is 0.260. The highest BCUT2D eigenvalue weighted by atomic mass is 32.1. The smallest absolute Gasteiger partial charge is 0.0753 e. The van der Waals surface area contributed by atoms with Gasteiger partial charge in [0.05, 0.1) is 11.8 Å². The molecule has 2 atom stereocenters. The Morgan fingerprint density at radius 3 is 3.00 bits per heavy atom. The number of aryl methyl sites for hydroxylation is 1. The minimum atomic E-state index is -0.232. The first-order valence-electron chi connectivity index (χ1n) is 4.09. The number of rotatable bonds is 1. The predicted molar refractivity (Wildman–Crippen MR) is 48.5 cm³/mol. The first-order valence-corrected chi connectivity index (χ1v) is 4.86. The fourth-order valence-electron chi connectivity index (χ4n) is 1.51. The SMILES string of the molecule is Cc1cc([C@@H]2CNC[C@H]2O)sn1. The van der Waals surface area contributed by atoms with E-state index in [9.17, 15) is 5.11 Å². The minimum Gasteiger partial charge on any atom is -0.391 e. The highest BCUT2D eigenvalue weighted by molar-refractivity contribution is 7.05. The zero-order valence-corrected chi connectivity index (χ0v) is 7.77. The first kappa shape index (κ1) is 8.16. The van der Waals surface area contributed by atoms with Crippen LogP contribution in [0.5, 0.6) is 0 Å². The molecule has 0 aliphatic carbocycles. The summed E-state index contributed by atoms with van der Waals surface area (Å²) in [5.41, 5.74) is 1.05. The maximum atomic E-state index is 9.57. The molecule has 0 amide bonds. The Kier molecular flexibility index (Phi) is 2.12. The Labute approximate surface area is 75.6 Å². The summed E-state index contributed by atoms with van der Waals surface area (Å²) in [6, 6.07) is 2.06. The molecule has 1 aromatic rings. The van der Waals surface area contributed by atoms with E-state index in [0.717, 1.165) is 12.2 Å². The van der Waals surface area contributed by atoms with E-state index in [0.29, 0.717) is 6.54 Å². The minimum absolute atomic E-state index is 0.232. The highest BCUT2D eigenvalue weighted by Crippen LogP contribution is 2.26. The van der Waals surface area contributed by atoms with Crippen LogP contribution >= 0.6 is 11.5 Å². The zero-order valence-electron chi connectivity index (χ0n) is 6.95. The Bertz CT molecular complexity index is 274. The van der Waals surface area contributed by atoms with Crippen molar-refractivity contribution in [3.8, 4) is 0 Å². The van der Waals surface area contributed by atoms with Crippen molar-refractivity contribution in [1.29, 1.82) is 0 Å². The van der Waals surface area contributed by atoms with Crippen LogP contribution in [0.1, 0.15) is 16.5 Å². The first-order chi connectivity index (χ1) is 5.77. The van der Waals surface area contributed by atoms with Crippen molar-refractivity contribution in [2.75, 3.05) is 13.1 Å². The van der Waals surface area contributed by atoms with E-state index >= 15 is 0 Å². The molecule has 2 heterocycles. The van der Waals surface area contributed by atoms with Crippen LogP contribution in [-0.2, 0) is 0 Å². The van der Waals surface area contributed by atoms with E-state index in [1.807, 2.05) is 6.92 Å². The van der Waals surface area contributed by atoms with Crippen LogP contribution in [0.4, 0.5) is 0 Å². The zero-order chi connectivity index (χ0) is 8.55. The van der Waals surface area contributed by atoms with E-state index in [1.165, 1.54) is 16.4 Å². The number of aliphatic hydroxyl groups is 1. The van der Waals surface area contributed by atoms with E-state index in [1.54, 1.807) is 0 Å². The second kappa shape index (κ2) is 3.12. The van der Waals surface area contributed by atoms with Crippen molar-refractivity contribution < 1.29 is 5.11 Å². The summed E-state index contributed by atoms with van der Waals surface area (Å²) >= 11 is 1.50. The number of β-amino-alcohol motifs (C(OH)–C–C–N with tert-alkyl or cyclic N) is 1. The van der Waals surface area contributed by atoms with Gasteiger partial charge in [0.15, 0.2) is 0 Å². The lowest BCUT2D eigenvalue weighted by Gasteiger charge is -2.08. The monoisotopic (exact) mass is 184 g/mol. The molecular weight excluding hydrogens is 172 g/mol. The van der Waals surface area contributed by atoms with Crippen molar-refractivity contribution in [3.63, 3.8) is 0 Å². The van der Waals surface area contributed by atoms with Crippen molar-refractivity contribution in [2.45, 2.75) is 18.9 Å². The van der Waals surface area contributed by atoms with Crippen molar-refractivity contribution in [1.82, 2.24) is 9.69 Å². The van der Waals surface area contributed by atoms with Crippen molar-refractivity contribution >= 4 is 11.5 Å². The Morgan fingerprint density at radius 2 is 2.50 bits per heavy atom. The predicted octanol–water partition coefficient (Wildman–Crippen LogP) is 0.499.